The first-order valence-corrected chi connectivity index (χ1v) is 11.5. The van der Waals surface area contributed by atoms with Crippen LogP contribution >= 0.6 is 11.3 Å². The van der Waals surface area contributed by atoms with E-state index in [4.69, 9.17) is 4.74 Å². The van der Waals surface area contributed by atoms with Gasteiger partial charge in [-0.25, -0.2) is 12.8 Å². The molecule has 1 aromatic heterocycles. The zero-order valence-electron chi connectivity index (χ0n) is 16.1. The maximum absolute atomic E-state index is 13.0. The number of halogens is 1. The smallest absolute Gasteiger partial charge is 0.248 e. The molecule has 0 aliphatic rings. The predicted octanol–water partition coefficient (Wildman–Crippen LogP) is 3.55. The summed E-state index contributed by atoms with van der Waals surface area (Å²) in [6.07, 6.45) is 0.151. The van der Waals surface area contributed by atoms with Gasteiger partial charge in [0.1, 0.15) is 17.1 Å². The van der Waals surface area contributed by atoms with Crippen LogP contribution in [0.1, 0.15) is 19.8 Å². The Morgan fingerprint density at radius 2 is 1.93 bits per heavy atom. The van der Waals surface area contributed by atoms with Crippen LogP contribution in [0.5, 0.6) is 5.75 Å². The Kier molecular flexibility index (Phi) is 6.49. The molecule has 0 saturated carbocycles. The van der Waals surface area contributed by atoms with E-state index in [2.05, 4.69) is 4.99 Å². The van der Waals surface area contributed by atoms with Gasteiger partial charge in [0.25, 0.3) is 0 Å². The maximum Gasteiger partial charge on any atom is 0.248 e. The van der Waals surface area contributed by atoms with Crippen LogP contribution in [0.4, 0.5) is 4.39 Å². The minimum atomic E-state index is -3.57. The van der Waals surface area contributed by atoms with E-state index in [1.54, 1.807) is 7.11 Å². The molecular formula is C20H21FN2O4S2. The van der Waals surface area contributed by atoms with Crippen molar-refractivity contribution in [3.8, 4) is 5.75 Å². The molecular weight excluding hydrogens is 415 g/mol. The summed E-state index contributed by atoms with van der Waals surface area (Å²) in [6, 6.07) is 10.3. The van der Waals surface area contributed by atoms with Crippen molar-refractivity contribution in [2.45, 2.75) is 31.2 Å². The van der Waals surface area contributed by atoms with Gasteiger partial charge in [-0.15, -0.1) is 0 Å². The number of hydrogen-bond donors (Lipinski definition) is 0. The van der Waals surface area contributed by atoms with Gasteiger partial charge < -0.3 is 9.30 Å². The number of rotatable bonds is 7. The Morgan fingerprint density at radius 3 is 2.59 bits per heavy atom. The van der Waals surface area contributed by atoms with Gasteiger partial charge in [-0.05, 0) is 49.7 Å². The Labute approximate surface area is 172 Å². The van der Waals surface area contributed by atoms with Crippen LogP contribution in [0.15, 0.2) is 52.4 Å². The van der Waals surface area contributed by atoms with Crippen molar-refractivity contribution in [3.05, 3.63) is 53.1 Å². The molecule has 0 radical (unpaired) electrons. The molecule has 0 spiro atoms. The number of fused-ring (bicyclic) bond motifs is 1. The van der Waals surface area contributed by atoms with Gasteiger partial charge in [0, 0.05) is 13.0 Å². The third-order valence-electron chi connectivity index (χ3n) is 4.40. The minimum Gasteiger partial charge on any atom is -0.495 e. The van der Waals surface area contributed by atoms with Crippen molar-refractivity contribution in [3.63, 3.8) is 0 Å². The highest BCUT2D eigenvalue weighted by Crippen LogP contribution is 2.27. The number of para-hydroxylation sites is 1. The summed E-state index contributed by atoms with van der Waals surface area (Å²) in [7, 11) is -1.97. The number of ether oxygens (including phenoxy) is 1. The highest BCUT2D eigenvalue weighted by Gasteiger charge is 2.16. The highest BCUT2D eigenvalue weighted by molar-refractivity contribution is 7.91. The van der Waals surface area contributed by atoms with E-state index in [9.17, 15) is 17.6 Å². The van der Waals surface area contributed by atoms with Crippen LogP contribution in [0.2, 0.25) is 0 Å². The zero-order chi connectivity index (χ0) is 21.0. The Morgan fingerprint density at radius 1 is 1.21 bits per heavy atom. The molecule has 0 aliphatic heterocycles. The van der Waals surface area contributed by atoms with Crippen LogP contribution in [-0.2, 0) is 21.2 Å². The fraction of sp³-hybridized carbons (Fsp3) is 0.300. The number of methoxy groups -OCH3 is 1. The van der Waals surface area contributed by atoms with Crippen molar-refractivity contribution in [2.75, 3.05) is 12.9 Å². The molecule has 2 aromatic carbocycles. The van der Waals surface area contributed by atoms with Crippen molar-refractivity contribution in [2.24, 2.45) is 4.99 Å². The molecule has 0 atom stereocenters. The molecule has 0 N–H and O–H groups in total. The second kappa shape index (κ2) is 8.87. The number of aryl methyl sites for hydroxylation is 1. The summed E-state index contributed by atoms with van der Waals surface area (Å²) in [5, 5.41) is 0. The molecule has 154 valence electrons. The topological polar surface area (TPSA) is 77.7 Å². The summed E-state index contributed by atoms with van der Waals surface area (Å²) < 4.78 is 45.8. The largest absolute Gasteiger partial charge is 0.495 e. The maximum atomic E-state index is 13.0. The molecule has 0 bridgehead atoms. The molecule has 3 rings (SSSR count). The van der Waals surface area contributed by atoms with Crippen molar-refractivity contribution >= 4 is 37.3 Å². The van der Waals surface area contributed by atoms with E-state index < -0.39 is 15.7 Å². The lowest BCUT2D eigenvalue weighted by Gasteiger charge is -2.05. The number of nitrogens with zero attached hydrogens (tertiary/aromatic N) is 2. The van der Waals surface area contributed by atoms with Gasteiger partial charge in [-0.1, -0.05) is 17.4 Å². The molecule has 3 aromatic rings. The molecule has 0 fully saturated rings. The third-order valence-corrected chi connectivity index (χ3v) is 7.26. The third kappa shape index (κ3) is 4.73. The molecule has 0 saturated heterocycles. The van der Waals surface area contributed by atoms with Crippen molar-refractivity contribution < 1.29 is 22.3 Å². The van der Waals surface area contributed by atoms with E-state index in [1.807, 2.05) is 29.7 Å². The first kappa shape index (κ1) is 21.2. The summed E-state index contributed by atoms with van der Waals surface area (Å²) in [5.74, 6) is -0.373. The Hall–Kier alpha value is -2.52. The lowest BCUT2D eigenvalue weighted by atomic mass is 10.3. The summed E-state index contributed by atoms with van der Waals surface area (Å²) in [6.45, 7) is 2.57. The van der Waals surface area contributed by atoms with E-state index in [0.717, 1.165) is 22.3 Å². The molecule has 6 nitrogen and oxygen atoms in total. The van der Waals surface area contributed by atoms with Crippen molar-refractivity contribution in [1.82, 2.24) is 4.57 Å². The lowest BCUT2D eigenvalue weighted by molar-refractivity contribution is -0.118. The molecule has 0 unspecified atom stereocenters. The molecule has 1 amide bonds. The van der Waals surface area contributed by atoms with Gasteiger partial charge in [0.05, 0.1) is 22.5 Å². The van der Waals surface area contributed by atoms with Gasteiger partial charge >= 0.3 is 0 Å². The quantitative estimate of drug-likeness (QED) is 0.531. The van der Waals surface area contributed by atoms with E-state index >= 15 is 0 Å². The number of aromatic nitrogens is 1. The lowest BCUT2D eigenvalue weighted by Crippen LogP contribution is -2.16. The Bertz CT molecular complexity index is 1200. The summed E-state index contributed by atoms with van der Waals surface area (Å²) in [4.78, 5) is 17.1. The average Bonchev–Trinajstić information content (AvgIpc) is 3.05. The second-order valence-corrected chi connectivity index (χ2v) is 9.44. The number of benzene rings is 2. The van der Waals surface area contributed by atoms with Gasteiger partial charge in [-0.3, -0.25) is 4.79 Å². The number of carbonyl (C=O) groups is 1. The first-order chi connectivity index (χ1) is 13.9. The molecule has 1 heterocycles. The number of sulfone groups is 1. The van der Waals surface area contributed by atoms with Crippen LogP contribution < -0.4 is 9.54 Å². The standard InChI is InChI=1S/C20H21FN2O4S2/c1-3-23-19-16(27-2)6-4-7-17(19)28-20(23)22-18(24)8-5-13-29(25,26)15-11-9-14(21)10-12-15/h4,6-7,9-12H,3,5,8,13H2,1-2H3. The van der Waals surface area contributed by atoms with Gasteiger partial charge in [-0.2, -0.15) is 4.99 Å². The van der Waals surface area contributed by atoms with E-state index in [-0.39, 0.29) is 29.4 Å². The van der Waals surface area contributed by atoms with Gasteiger partial charge in [0.15, 0.2) is 14.6 Å². The highest BCUT2D eigenvalue weighted by atomic mass is 32.2. The molecule has 29 heavy (non-hydrogen) atoms. The monoisotopic (exact) mass is 436 g/mol. The normalized spacial score (nSPS) is 12.4. The van der Waals surface area contributed by atoms with E-state index in [0.29, 0.717) is 17.1 Å². The molecule has 9 heteroatoms. The van der Waals surface area contributed by atoms with Crippen LogP contribution in [-0.4, -0.2) is 31.8 Å². The zero-order valence-corrected chi connectivity index (χ0v) is 17.7. The van der Waals surface area contributed by atoms with Gasteiger partial charge in [0.2, 0.25) is 5.91 Å². The predicted molar refractivity (Wildman–Crippen MR) is 110 cm³/mol. The summed E-state index contributed by atoms with van der Waals surface area (Å²) >= 11 is 1.39. The summed E-state index contributed by atoms with van der Waals surface area (Å²) in [5.41, 5.74) is 0.882. The first-order valence-electron chi connectivity index (χ1n) is 9.08. The van der Waals surface area contributed by atoms with Crippen LogP contribution in [0.25, 0.3) is 10.2 Å². The average molecular weight is 437 g/mol. The number of hydrogen-bond acceptors (Lipinski definition) is 5. The van der Waals surface area contributed by atoms with Crippen LogP contribution in [0.3, 0.4) is 0 Å². The van der Waals surface area contributed by atoms with Crippen molar-refractivity contribution in [1.29, 1.82) is 0 Å². The SMILES string of the molecule is CCn1c(=NC(=O)CCCS(=O)(=O)c2ccc(F)cc2)sc2cccc(OC)c21. The van der Waals surface area contributed by atoms with E-state index in [1.165, 1.54) is 23.5 Å². The minimum absolute atomic E-state index is 0.00944. The Balaban J connectivity index is 1.75. The number of thiazole rings is 1. The number of carbonyl (C=O) groups excluding carboxylic acids is 1. The second-order valence-electron chi connectivity index (χ2n) is 6.32. The number of amides is 1. The van der Waals surface area contributed by atoms with Crippen LogP contribution in [0, 0.1) is 5.82 Å². The fourth-order valence-electron chi connectivity index (χ4n) is 2.98. The molecule has 0 aliphatic carbocycles. The fourth-order valence-corrected chi connectivity index (χ4v) is 5.42.